The maximum absolute atomic E-state index is 12.3. The van der Waals surface area contributed by atoms with Gasteiger partial charge in [-0.1, -0.05) is 0 Å². The third-order valence-corrected chi connectivity index (χ3v) is 4.61. The van der Waals surface area contributed by atoms with Crippen LogP contribution in [-0.2, 0) is 19.1 Å². The van der Waals surface area contributed by atoms with Crippen molar-refractivity contribution in [1.82, 2.24) is 0 Å². The summed E-state index contributed by atoms with van der Waals surface area (Å²) in [7, 11) is 0. The summed E-state index contributed by atoms with van der Waals surface area (Å²) in [6, 6.07) is 13.1. The number of rotatable bonds is 6. The van der Waals surface area contributed by atoms with Crippen molar-refractivity contribution in [2.75, 3.05) is 22.1 Å². The van der Waals surface area contributed by atoms with Crippen molar-refractivity contribution in [2.24, 2.45) is 0 Å². The number of hydrogen-bond acceptors (Lipinski definition) is 5. The lowest BCUT2D eigenvalue weighted by atomic mass is 10.2. The molecule has 0 unspecified atom stereocenters. The average Bonchev–Trinajstić information content (AvgIpc) is 3.15. The molecule has 0 bridgehead atoms. The molecule has 2 aromatic rings. The summed E-state index contributed by atoms with van der Waals surface area (Å²) in [6.45, 7) is 3.56. The van der Waals surface area contributed by atoms with Gasteiger partial charge in [-0.2, -0.15) is 0 Å². The number of hydrogen-bond donors (Lipinski definition) is 2. The van der Waals surface area contributed by atoms with Gasteiger partial charge in [-0.15, -0.1) is 0 Å². The number of anilines is 3. The zero-order valence-electron chi connectivity index (χ0n) is 16.8. The Hall–Kier alpha value is -3.68. The molecule has 2 aromatic carbocycles. The van der Waals surface area contributed by atoms with Crippen LogP contribution in [0, 0.1) is 0 Å². The number of nitrogens with zero attached hydrogens (tertiary/aromatic N) is 1. The summed E-state index contributed by atoms with van der Waals surface area (Å²) in [5.41, 5.74) is 2.16. The van der Waals surface area contributed by atoms with Crippen LogP contribution in [0.15, 0.2) is 48.5 Å². The van der Waals surface area contributed by atoms with Crippen molar-refractivity contribution >= 4 is 40.8 Å². The van der Waals surface area contributed by atoms with Crippen molar-refractivity contribution in [3.05, 3.63) is 54.1 Å². The standard InChI is InChI=1S/C22H23N3O5/c1-14(21(28)24-18-9-7-17(8-10-18)23-15(2)26)30-22(29)16-5-11-19(12-6-16)25-13-3-4-20(25)27/h5-12,14H,3-4,13H2,1-2H3,(H,23,26)(H,24,28)/t14-/m1/s1. The zero-order chi connectivity index (χ0) is 21.7. The second-order valence-corrected chi connectivity index (χ2v) is 6.99. The van der Waals surface area contributed by atoms with Gasteiger partial charge in [0, 0.05) is 37.0 Å². The average molecular weight is 409 g/mol. The molecular weight excluding hydrogens is 386 g/mol. The van der Waals surface area contributed by atoms with E-state index in [0.29, 0.717) is 29.9 Å². The van der Waals surface area contributed by atoms with Crippen molar-refractivity contribution in [2.45, 2.75) is 32.8 Å². The number of carbonyl (C=O) groups excluding carboxylic acids is 4. The number of nitrogens with one attached hydrogen (secondary N) is 2. The first-order valence-corrected chi connectivity index (χ1v) is 9.63. The Morgan fingerprint density at radius 3 is 2.10 bits per heavy atom. The van der Waals surface area contributed by atoms with Gasteiger partial charge in [-0.3, -0.25) is 14.4 Å². The van der Waals surface area contributed by atoms with E-state index in [0.717, 1.165) is 12.1 Å². The molecule has 0 aromatic heterocycles. The van der Waals surface area contributed by atoms with Crippen molar-refractivity contribution in [1.29, 1.82) is 0 Å². The second-order valence-electron chi connectivity index (χ2n) is 6.99. The van der Waals surface area contributed by atoms with E-state index in [1.54, 1.807) is 53.4 Å². The molecule has 156 valence electrons. The van der Waals surface area contributed by atoms with Crippen molar-refractivity contribution in [3.8, 4) is 0 Å². The summed E-state index contributed by atoms with van der Waals surface area (Å²) in [6.07, 6.45) is 0.352. The van der Waals surface area contributed by atoms with Crippen LogP contribution >= 0.6 is 0 Å². The topological polar surface area (TPSA) is 105 Å². The fraction of sp³-hybridized carbons (Fsp3) is 0.273. The van der Waals surface area contributed by atoms with E-state index in [9.17, 15) is 19.2 Å². The highest BCUT2D eigenvalue weighted by Gasteiger charge is 2.23. The van der Waals surface area contributed by atoms with Gasteiger partial charge in [0.05, 0.1) is 5.56 Å². The Morgan fingerprint density at radius 2 is 1.57 bits per heavy atom. The van der Waals surface area contributed by atoms with Gasteiger partial charge in [0.1, 0.15) is 0 Å². The molecule has 0 saturated carbocycles. The molecule has 3 amide bonds. The Labute approximate surface area is 174 Å². The molecule has 8 heteroatoms. The van der Waals surface area contributed by atoms with E-state index in [4.69, 9.17) is 4.74 Å². The molecular formula is C22H23N3O5. The molecule has 1 saturated heterocycles. The smallest absolute Gasteiger partial charge is 0.338 e. The van der Waals surface area contributed by atoms with Gasteiger partial charge in [0.2, 0.25) is 11.8 Å². The SMILES string of the molecule is CC(=O)Nc1ccc(NC(=O)[C@@H](C)OC(=O)c2ccc(N3CCCC3=O)cc2)cc1. The minimum Gasteiger partial charge on any atom is -0.449 e. The Kier molecular flexibility index (Phi) is 6.46. The maximum atomic E-state index is 12.3. The third kappa shape index (κ3) is 5.22. The maximum Gasteiger partial charge on any atom is 0.338 e. The highest BCUT2D eigenvalue weighted by molar-refractivity contribution is 5.98. The van der Waals surface area contributed by atoms with E-state index >= 15 is 0 Å². The molecule has 0 aliphatic carbocycles. The lowest BCUT2D eigenvalue weighted by molar-refractivity contribution is -0.123. The van der Waals surface area contributed by atoms with Gasteiger partial charge in [-0.25, -0.2) is 4.79 Å². The van der Waals surface area contributed by atoms with Crippen LogP contribution in [0.1, 0.15) is 37.0 Å². The molecule has 3 rings (SSSR count). The molecule has 0 radical (unpaired) electrons. The summed E-state index contributed by atoms with van der Waals surface area (Å²) in [5.74, 6) is -1.22. The molecule has 1 aliphatic rings. The van der Waals surface area contributed by atoms with Gasteiger partial charge in [0.15, 0.2) is 6.10 Å². The fourth-order valence-electron chi connectivity index (χ4n) is 3.06. The molecule has 1 atom stereocenters. The molecule has 1 heterocycles. The fourth-order valence-corrected chi connectivity index (χ4v) is 3.06. The minimum atomic E-state index is -1.01. The lowest BCUT2D eigenvalue weighted by Crippen LogP contribution is -2.30. The van der Waals surface area contributed by atoms with Gasteiger partial charge >= 0.3 is 5.97 Å². The molecule has 8 nitrogen and oxygen atoms in total. The summed E-state index contributed by atoms with van der Waals surface area (Å²) < 4.78 is 5.24. The third-order valence-electron chi connectivity index (χ3n) is 4.61. The van der Waals surface area contributed by atoms with Crippen LogP contribution in [0.4, 0.5) is 17.1 Å². The van der Waals surface area contributed by atoms with E-state index in [2.05, 4.69) is 10.6 Å². The van der Waals surface area contributed by atoms with Crippen LogP contribution in [0.25, 0.3) is 0 Å². The first-order chi connectivity index (χ1) is 14.3. The van der Waals surface area contributed by atoms with E-state index in [-0.39, 0.29) is 11.8 Å². The minimum absolute atomic E-state index is 0.0701. The number of carbonyl (C=O) groups is 4. The first kappa shape index (κ1) is 21.0. The normalized spacial score (nSPS) is 14.2. The summed E-state index contributed by atoms with van der Waals surface area (Å²) in [4.78, 5) is 49.2. The lowest BCUT2D eigenvalue weighted by Gasteiger charge is -2.16. The van der Waals surface area contributed by atoms with Gasteiger partial charge < -0.3 is 20.3 Å². The van der Waals surface area contributed by atoms with Crippen molar-refractivity contribution < 1.29 is 23.9 Å². The molecule has 30 heavy (non-hydrogen) atoms. The quantitative estimate of drug-likeness (QED) is 0.714. The monoisotopic (exact) mass is 409 g/mol. The van der Waals surface area contributed by atoms with Gasteiger partial charge in [0.25, 0.3) is 5.91 Å². The van der Waals surface area contributed by atoms with Crippen molar-refractivity contribution in [3.63, 3.8) is 0 Å². The van der Waals surface area contributed by atoms with Crippen LogP contribution < -0.4 is 15.5 Å². The van der Waals surface area contributed by atoms with E-state index in [1.807, 2.05) is 0 Å². The number of benzene rings is 2. The Morgan fingerprint density at radius 1 is 0.967 bits per heavy atom. The Balaban J connectivity index is 1.54. The Bertz CT molecular complexity index is 954. The number of ether oxygens (including phenoxy) is 1. The molecule has 0 spiro atoms. The van der Waals surface area contributed by atoms with E-state index < -0.39 is 18.0 Å². The predicted molar refractivity (Wildman–Crippen MR) is 112 cm³/mol. The molecule has 1 fully saturated rings. The number of amides is 3. The summed E-state index contributed by atoms with van der Waals surface area (Å²) >= 11 is 0. The van der Waals surface area contributed by atoms with E-state index in [1.165, 1.54) is 13.8 Å². The van der Waals surface area contributed by atoms with Crippen LogP contribution in [0.2, 0.25) is 0 Å². The van der Waals surface area contributed by atoms with Gasteiger partial charge in [-0.05, 0) is 61.9 Å². The summed E-state index contributed by atoms with van der Waals surface area (Å²) in [5, 5.41) is 5.29. The molecule has 1 aliphatic heterocycles. The first-order valence-electron chi connectivity index (χ1n) is 9.63. The number of esters is 1. The highest BCUT2D eigenvalue weighted by Crippen LogP contribution is 2.22. The molecule has 2 N–H and O–H groups in total. The van der Waals surface area contributed by atoms with Crippen LogP contribution in [-0.4, -0.2) is 36.3 Å². The zero-order valence-corrected chi connectivity index (χ0v) is 16.8. The highest BCUT2D eigenvalue weighted by atomic mass is 16.5. The van der Waals surface area contributed by atoms with Crippen LogP contribution in [0.3, 0.4) is 0 Å². The largest absolute Gasteiger partial charge is 0.449 e. The second kappa shape index (κ2) is 9.21. The van der Waals surface area contributed by atoms with Crippen LogP contribution in [0.5, 0.6) is 0 Å². The predicted octanol–water partition coefficient (Wildman–Crippen LogP) is 2.96.